The number of aliphatic hydroxyl groups is 1. The van der Waals surface area contributed by atoms with Crippen molar-refractivity contribution in [3.63, 3.8) is 0 Å². The molecule has 0 aromatic heterocycles. The molecule has 18 heavy (non-hydrogen) atoms. The quantitative estimate of drug-likeness (QED) is 0.622. The van der Waals surface area contributed by atoms with Crippen molar-refractivity contribution in [3.05, 3.63) is 32.3 Å². The Morgan fingerprint density at radius 3 is 2.61 bits per heavy atom. The number of nitrogens with one attached hydrogen (secondary N) is 1. The third-order valence-electron chi connectivity index (χ3n) is 2.39. The summed E-state index contributed by atoms with van der Waals surface area (Å²) in [7, 11) is 0. The summed E-state index contributed by atoms with van der Waals surface area (Å²) in [6.07, 6.45) is 0.915. The van der Waals surface area contributed by atoms with E-state index in [9.17, 15) is 15.2 Å². The molecule has 0 bridgehead atoms. The summed E-state index contributed by atoms with van der Waals surface area (Å²) in [6, 6.07) is 2.58. The fourth-order valence-corrected chi connectivity index (χ4v) is 1.81. The summed E-state index contributed by atoms with van der Waals surface area (Å²) in [5.41, 5.74) is 0.0950. The first-order valence-corrected chi connectivity index (χ1v) is 6.26. The molecule has 0 saturated heterocycles. The lowest BCUT2D eigenvalue weighted by molar-refractivity contribution is -0.383. The van der Waals surface area contributed by atoms with Crippen molar-refractivity contribution in [2.75, 3.05) is 11.9 Å². The first-order valence-electron chi connectivity index (χ1n) is 5.51. The first kappa shape index (κ1) is 15.0. The molecule has 5 nitrogen and oxygen atoms in total. The van der Waals surface area contributed by atoms with Gasteiger partial charge >= 0.3 is 0 Å². The van der Waals surface area contributed by atoms with Gasteiger partial charge in [-0.25, -0.2) is 0 Å². The number of anilines is 1. The number of halogens is 2. The van der Waals surface area contributed by atoms with Gasteiger partial charge in [0, 0.05) is 12.6 Å². The number of hydrogen-bond acceptors (Lipinski definition) is 4. The van der Waals surface area contributed by atoms with Crippen LogP contribution in [0.25, 0.3) is 0 Å². The van der Waals surface area contributed by atoms with E-state index in [1.54, 1.807) is 0 Å². The van der Waals surface area contributed by atoms with Crippen molar-refractivity contribution in [1.82, 2.24) is 0 Å². The molecule has 0 radical (unpaired) electrons. The number of nitro groups is 1. The number of hydrogen-bond donors (Lipinski definition) is 2. The molecule has 1 rings (SSSR count). The van der Waals surface area contributed by atoms with Crippen LogP contribution < -0.4 is 5.32 Å². The van der Waals surface area contributed by atoms with Crippen LogP contribution in [0.3, 0.4) is 0 Å². The van der Waals surface area contributed by atoms with E-state index in [0.717, 1.165) is 6.42 Å². The zero-order valence-corrected chi connectivity index (χ0v) is 11.3. The molecule has 0 aliphatic carbocycles. The van der Waals surface area contributed by atoms with Gasteiger partial charge < -0.3 is 10.4 Å². The number of rotatable bonds is 6. The molecule has 0 spiro atoms. The number of aliphatic hydroxyl groups excluding tert-OH is 1. The summed E-state index contributed by atoms with van der Waals surface area (Å²) in [6.45, 7) is 2.18. The van der Waals surface area contributed by atoms with Crippen molar-refractivity contribution in [2.24, 2.45) is 0 Å². The molecular weight excluding hydrogens is 279 g/mol. The van der Waals surface area contributed by atoms with Gasteiger partial charge in [0.25, 0.3) is 5.69 Å². The number of nitro benzene ring substituents is 1. The Morgan fingerprint density at radius 2 is 2.06 bits per heavy atom. The van der Waals surface area contributed by atoms with E-state index >= 15 is 0 Å². The molecule has 1 aromatic rings. The van der Waals surface area contributed by atoms with Gasteiger partial charge in [-0.1, -0.05) is 36.5 Å². The van der Waals surface area contributed by atoms with Crippen LogP contribution in [-0.4, -0.2) is 22.7 Å². The van der Waals surface area contributed by atoms with E-state index in [1.165, 1.54) is 12.1 Å². The summed E-state index contributed by atoms with van der Waals surface area (Å²) < 4.78 is 0. The van der Waals surface area contributed by atoms with Crippen LogP contribution in [0.15, 0.2) is 12.1 Å². The largest absolute Gasteiger partial charge is 0.391 e. The van der Waals surface area contributed by atoms with Crippen LogP contribution in [-0.2, 0) is 0 Å². The van der Waals surface area contributed by atoms with Crippen molar-refractivity contribution in [3.8, 4) is 0 Å². The van der Waals surface area contributed by atoms with Crippen molar-refractivity contribution in [1.29, 1.82) is 0 Å². The molecule has 1 atom stereocenters. The molecule has 7 heteroatoms. The fraction of sp³-hybridized carbons (Fsp3) is 0.455. The molecule has 0 aliphatic rings. The zero-order valence-electron chi connectivity index (χ0n) is 9.82. The average Bonchev–Trinajstić information content (AvgIpc) is 2.30. The van der Waals surface area contributed by atoms with Crippen molar-refractivity contribution in [2.45, 2.75) is 25.9 Å². The maximum absolute atomic E-state index is 10.9. The predicted octanol–water partition coefficient (Wildman–Crippen LogP) is 3.47. The lowest BCUT2D eigenvalue weighted by Gasteiger charge is -2.12. The number of benzene rings is 1. The van der Waals surface area contributed by atoms with Crippen molar-refractivity contribution < 1.29 is 10.0 Å². The van der Waals surface area contributed by atoms with Crippen LogP contribution in [0.4, 0.5) is 11.4 Å². The molecular formula is C11H14Cl2N2O3. The monoisotopic (exact) mass is 292 g/mol. The Morgan fingerprint density at radius 1 is 1.44 bits per heavy atom. The topological polar surface area (TPSA) is 75.4 Å². The highest BCUT2D eigenvalue weighted by atomic mass is 35.5. The van der Waals surface area contributed by atoms with E-state index in [0.29, 0.717) is 6.42 Å². The lowest BCUT2D eigenvalue weighted by atomic mass is 10.2. The minimum Gasteiger partial charge on any atom is -0.391 e. The standard InChI is InChI=1S/C11H14Cl2N2O3/c1-2-3-7(16)6-14-10-4-8(12)9(13)5-11(10)15(17)18/h4-5,7,14,16H,2-3,6H2,1H3. The molecule has 1 aromatic carbocycles. The third-order valence-corrected chi connectivity index (χ3v) is 3.11. The van der Waals surface area contributed by atoms with Crippen LogP contribution in [0.1, 0.15) is 19.8 Å². The number of nitrogens with zero attached hydrogens (tertiary/aromatic N) is 1. The molecule has 2 N–H and O–H groups in total. The SMILES string of the molecule is CCCC(O)CNc1cc(Cl)c(Cl)cc1[N+](=O)[O-]. The molecule has 0 heterocycles. The van der Waals surface area contributed by atoms with E-state index in [4.69, 9.17) is 23.2 Å². The van der Waals surface area contributed by atoms with Gasteiger partial charge in [0.1, 0.15) is 5.69 Å². The molecule has 0 aliphatic heterocycles. The first-order chi connectivity index (χ1) is 8.45. The minimum absolute atomic E-state index is 0.128. The van der Waals surface area contributed by atoms with Gasteiger partial charge in [-0.15, -0.1) is 0 Å². The molecule has 0 fully saturated rings. The average molecular weight is 293 g/mol. The summed E-state index contributed by atoms with van der Waals surface area (Å²) >= 11 is 11.5. The van der Waals surface area contributed by atoms with Crippen LogP contribution in [0, 0.1) is 10.1 Å². The summed E-state index contributed by atoms with van der Waals surface area (Å²) in [5, 5.41) is 23.6. The second-order valence-corrected chi connectivity index (χ2v) is 4.68. The Labute approximate surface area is 115 Å². The fourth-order valence-electron chi connectivity index (χ4n) is 1.49. The molecule has 100 valence electrons. The van der Waals surface area contributed by atoms with E-state index in [1.807, 2.05) is 6.92 Å². The van der Waals surface area contributed by atoms with Gasteiger partial charge in [0.15, 0.2) is 0 Å². The van der Waals surface area contributed by atoms with Gasteiger partial charge in [0.05, 0.1) is 21.1 Å². The maximum Gasteiger partial charge on any atom is 0.293 e. The highest BCUT2D eigenvalue weighted by Crippen LogP contribution is 2.33. The van der Waals surface area contributed by atoms with E-state index in [-0.39, 0.29) is 28.0 Å². The van der Waals surface area contributed by atoms with E-state index in [2.05, 4.69) is 5.32 Å². The Kier molecular flexibility index (Phi) is 5.65. The highest BCUT2D eigenvalue weighted by molar-refractivity contribution is 6.42. The van der Waals surface area contributed by atoms with E-state index < -0.39 is 11.0 Å². The maximum atomic E-state index is 10.9. The van der Waals surface area contributed by atoms with Crippen LogP contribution in [0.5, 0.6) is 0 Å². The summed E-state index contributed by atoms with van der Waals surface area (Å²) in [5.74, 6) is 0. The molecule has 1 unspecified atom stereocenters. The third kappa shape index (κ3) is 4.01. The Hall–Kier alpha value is -1.04. The molecule has 0 saturated carbocycles. The second-order valence-electron chi connectivity index (χ2n) is 3.86. The summed E-state index contributed by atoms with van der Waals surface area (Å²) in [4.78, 5) is 10.3. The minimum atomic E-state index is -0.552. The van der Waals surface area contributed by atoms with Gasteiger partial charge in [-0.05, 0) is 12.5 Å². The predicted molar refractivity (Wildman–Crippen MR) is 72.5 cm³/mol. The Bertz CT molecular complexity index is 441. The molecule has 0 amide bonds. The van der Waals surface area contributed by atoms with Crippen LogP contribution >= 0.6 is 23.2 Å². The normalized spacial score (nSPS) is 12.2. The lowest BCUT2D eigenvalue weighted by Crippen LogP contribution is -2.19. The van der Waals surface area contributed by atoms with Gasteiger partial charge in [-0.2, -0.15) is 0 Å². The zero-order chi connectivity index (χ0) is 13.7. The van der Waals surface area contributed by atoms with Crippen LogP contribution in [0.2, 0.25) is 10.0 Å². The second kappa shape index (κ2) is 6.78. The van der Waals surface area contributed by atoms with Gasteiger partial charge in [0.2, 0.25) is 0 Å². The smallest absolute Gasteiger partial charge is 0.293 e. The Balaban J connectivity index is 2.86. The van der Waals surface area contributed by atoms with Crippen molar-refractivity contribution >= 4 is 34.6 Å². The highest BCUT2D eigenvalue weighted by Gasteiger charge is 2.17. The van der Waals surface area contributed by atoms with Gasteiger partial charge in [-0.3, -0.25) is 10.1 Å².